The molecule has 15 heavy (non-hydrogen) atoms. The van der Waals surface area contributed by atoms with E-state index in [1.807, 2.05) is 13.2 Å². The van der Waals surface area contributed by atoms with Gasteiger partial charge in [-0.3, -0.25) is 0 Å². The fourth-order valence-electron chi connectivity index (χ4n) is 1.84. The minimum atomic E-state index is -2.81. The van der Waals surface area contributed by atoms with Crippen molar-refractivity contribution in [1.29, 1.82) is 0 Å². The first kappa shape index (κ1) is 13.3. The van der Waals surface area contributed by atoms with Crippen molar-refractivity contribution in [2.75, 3.05) is 24.4 Å². The number of rotatable bonds is 5. The lowest BCUT2D eigenvalue weighted by Crippen LogP contribution is -2.44. The molecule has 1 aliphatic rings. The zero-order valence-corrected chi connectivity index (χ0v) is 10.8. The third-order valence-electron chi connectivity index (χ3n) is 2.77. The summed E-state index contributed by atoms with van der Waals surface area (Å²) >= 11 is 1.60. The lowest BCUT2D eigenvalue weighted by atomic mass is 10.2. The highest BCUT2D eigenvalue weighted by Crippen LogP contribution is 2.15. The second kappa shape index (κ2) is 5.52. The van der Waals surface area contributed by atoms with Crippen molar-refractivity contribution in [1.82, 2.24) is 5.32 Å². The van der Waals surface area contributed by atoms with Crippen LogP contribution in [0.5, 0.6) is 0 Å². The van der Waals surface area contributed by atoms with Crippen molar-refractivity contribution in [3.05, 3.63) is 0 Å². The summed E-state index contributed by atoms with van der Waals surface area (Å²) in [7, 11) is -2.81. The third-order valence-corrected chi connectivity index (χ3v) is 5.70. The van der Waals surface area contributed by atoms with Gasteiger partial charge in [-0.15, -0.1) is 0 Å². The lowest BCUT2D eigenvalue weighted by molar-refractivity contribution is 0.272. The van der Waals surface area contributed by atoms with E-state index in [1.54, 1.807) is 11.8 Å². The number of hydrogen-bond donors (Lipinski definition) is 2. The minimum absolute atomic E-state index is 0.0613. The van der Waals surface area contributed by atoms with Crippen molar-refractivity contribution >= 4 is 21.6 Å². The molecule has 0 aromatic rings. The lowest BCUT2D eigenvalue weighted by Gasteiger charge is -2.24. The average molecular weight is 253 g/mol. The molecule has 0 aromatic carbocycles. The fourth-order valence-corrected chi connectivity index (χ4v) is 4.16. The largest absolute Gasteiger partial charge is 0.395 e. The van der Waals surface area contributed by atoms with E-state index in [1.165, 1.54) is 0 Å². The summed E-state index contributed by atoms with van der Waals surface area (Å²) in [6.45, 7) is 2.11. The van der Waals surface area contributed by atoms with Crippen LogP contribution in [0.2, 0.25) is 0 Å². The van der Waals surface area contributed by atoms with Crippen molar-refractivity contribution < 1.29 is 13.5 Å². The quantitative estimate of drug-likeness (QED) is 0.715. The Balaban J connectivity index is 2.42. The van der Waals surface area contributed by atoms with Gasteiger partial charge < -0.3 is 10.4 Å². The van der Waals surface area contributed by atoms with E-state index in [0.29, 0.717) is 12.2 Å². The van der Waals surface area contributed by atoms with Gasteiger partial charge in [0, 0.05) is 17.3 Å². The van der Waals surface area contributed by atoms with Crippen LogP contribution in [0.15, 0.2) is 0 Å². The van der Waals surface area contributed by atoms with Crippen LogP contribution in [0.25, 0.3) is 0 Å². The Kier molecular flexibility index (Phi) is 4.89. The van der Waals surface area contributed by atoms with Crippen LogP contribution < -0.4 is 5.32 Å². The van der Waals surface area contributed by atoms with Gasteiger partial charge in [0.2, 0.25) is 0 Å². The van der Waals surface area contributed by atoms with E-state index in [-0.39, 0.29) is 29.7 Å². The fraction of sp³-hybridized carbons (Fsp3) is 1.00. The predicted molar refractivity (Wildman–Crippen MR) is 64.0 cm³/mol. The maximum atomic E-state index is 11.2. The third kappa shape index (κ3) is 3.94. The van der Waals surface area contributed by atoms with Gasteiger partial charge in [-0.25, -0.2) is 8.42 Å². The smallest absolute Gasteiger partial charge is 0.151 e. The first-order chi connectivity index (χ1) is 6.98. The van der Waals surface area contributed by atoms with E-state index >= 15 is 0 Å². The molecule has 1 rings (SSSR count). The molecule has 1 heterocycles. The van der Waals surface area contributed by atoms with Gasteiger partial charge in [-0.2, -0.15) is 11.8 Å². The molecular formula is C9H19NO3S2. The second-order valence-electron chi connectivity index (χ2n) is 4.01. The van der Waals surface area contributed by atoms with Crippen LogP contribution in [0, 0.1) is 0 Å². The number of sulfone groups is 1. The Morgan fingerprint density at radius 1 is 1.60 bits per heavy atom. The van der Waals surface area contributed by atoms with Crippen LogP contribution in [-0.2, 0) is 9.84 Å². The summed E-state index contributed by atoms with van der Waals surface area (Å²) in [6.07, 6.45) is 2.64. The van der Waals surface area contributed by atoms with E-state index in [4.69, 9.17) is 5.11 Å². The second-order valence-corrected chi connectivity index (χ2v) is 7.32. The summed E-state index contributed by atoms with van der Waals surface area (Å²) in [5, 5.41) is 12.5. The SMILES string of the molecule is CSC(CO)C(C)NC1CCS(=O)(=O)C1. The zero-order chi connectivity index (χ0) is 11.5. The van der Waals surface area contributed by atoms with Gasteiger partial charge in [0.25, 0.3) is 0 Å². The van der Waals surface area contributed by atoms with Crippen molar-refractivity contribution in [3.63, 3.8) is 0 Å². The molecule has 0 saturated carbocycles. The molecule has 0 radical (unpaired) electrons. The van der Waals surface area contributed by atoms with Crippen LogP contribution in [0.4, 0.5) is 0 Å². The number of aliphatic hydroxyl groups is 1. The monoisotopic (exact) mass is 253 g/mol. The van der Waals surface area contributed by atoms with Crippen molar-refractivity contribution in [3.8, 4) is 0 Å². The average Bonchev–Trinajstić information content (AvgIpc) is 2.47. The van der Waals surface area contributed by atoms with Crippen LogP contribution in [0.3, 0.4) is 0 Å². The first-order valence-corrected chi connectivity index (χ1v) is 8.19. The predicted octanol–water partition coefficient (Wildman–Crippen LogP) is -0.124. The van der Waals surface area contributed by atoms with Gasteiger partial charge in [0.15, 0.2) is 9.84 Å². The molecule has 0 bridgehead atoms. The van der Waals surface area contributed by atoms with Crippen molar-refractivity contribution in [2.24, 2.45) is 0 Å². The summed E-state index contributed by atoms with van der Waals surface area (Å²) in [6, 6.07) is 0.203. The van der Waals surface area contributed by atoms with Gasteiger partial charge in [-0.05, 0) is 19.6 Å². The Morgan fingerprint density at radius 2 is 2.27 bits per heavy atom. The molecule has 0 spiro atoms. The Hall–Kier alpha value is 0.220. The Bertz CT molecular complexity index is 288. The van der Waals surface area contributed by atoms with Crippen LogP contribution >= 0.6 is 11.8 Å². The van der Waals surface area contributed by atoms with Gasteiger partial charge in [0.05, 0.1) is 18.1 Å². The summed E-state index contributed by atoms with van der Waals surface area (Å²) in [5.74, 6) is 0.532. The first-order valence-electron chi connectivity index (χ1n) is 5.08. The minimum Gasteiger partial charge on any atom is -0.395 e. The van der Waals surface area contributed by atoms with Gasteiger partial charge in [0.1, 0.15) is 0 Å². The summed E-state index contributed by atoms with van der Waals surface area (Å²) < 4.78 is 22.5. The number of aliphatic hydroxyl groups excluding tert-OH is 1. The van der Waals surface area contributed by atoms with Gasteiger partial charge >= 0.3 is 0 Å². The van der Waals surface area contributed by atoms with E-state index in [9.17, 15) is 8.42 Å². The molecule has 0 aliphatic carbocycles. The molecule has 1 saturated heterocycles. The molecule has 90 valence electrons. The zero-order valence-electron chi connectivity index (χ0n) is 9.14. The molecule has 0 amide bonds. The van der Waals surface area contributed by atoms with Gasteiger partial charge in [-0.1, -0.05) is 0 Å². The highest BCUT2D eigenvalue weighted by molar-refractivity contribution is 7.99. The standard InChI is InChI=1S/C9H19NO3S2/c1-7(9(5-11)14-2)10-8-3-4-15(12,13)6-8/h7-11H,3-6H2,1-2H3. The topological polar surface area (TPSA) is 66.4 Å². The number of nitrogens with one attached hydrogen (secondary N) is 1. The molecule has 0 aromatic heterocycles. The van der Waals surface area contributed by atoms with Crippen LogP contribution in [-0.4, -0.2) is 55.2 Å². The maximum Gasteiger partial charge on any atom is 0.151 e. The normalized spacial score (nSPS) is 28.9. The highest BCUT2D eigenvalue weighted by Gasteiger charge is 2.29. The van der Waals surface area contributed by atoms with E-state index in [2.05, 4.69) is 5.32 Å². The Morgan fingerprint density at radius 3 is 2.67 bits per heavy atom. The van der Waals surface area contributed by atoms with E-state index in [0.717, 1.165) is 0 Å². The molecule has 6 heteroatoms. The van der Waals surface area contributed by atoms with Crippen molar-refractivity contribution in [2.45, 2.75) is 30.7 Å². The molecule has 1 aliphatic heterocycles. The molecule has 2 N–H and O–H groups in total. The molecule has 3 atom stereocenters. The number of hydrogen-bond acceptors (Lipinski definition) is 5. The molecule has 4 nitrogen and oxygen atoms in total. The Labute approximate surface area is 95.7 Å². The molecule has 1 fully saturated rings. The van der Waals surface area contributed by atoms with E-state index < -0.39 is 9.84 Å². The van der Waals surface area contributed by atoms with Crippen LogP contribution in [0.1, 0.15) is 13.3 Å². The summed E-state index contributed by atoms with van der Waals surface area (Å²) in [5.41, 5.74) is 0. The molecular weight excluding hydrogens is 234 g/mol. The highest BCUT2D eigenvalue weighted by atomic mass is 32.2. The summed E-state index contributed by atoms with van der Waals surface area (Å²) in [4.78, 5) is 0. The number of thioether (sulfide) groups is 1. The maximum absolute atomic E-state index is 11.2. The molecule has 3 unspecified atom stereocenters.